The second kappa shape index (κ2) is 10.7. The summed E-state index contributed by atoms with van der Waals surface area (Å²) in [6, 6.07) is 0.649. The first-order valence-corrected chi connectivity index (χ1v) is 7.37. The van der Waals surface area contributed by atoms with Crippen molar-refractivity contribution in [2.75, 3.05) is 26.2 Å². The zero-order valence-corrected chi connectivity index (χ0v) is 15.0. The van der Waals surface area contributed by atoms with Crippen LogP contribution >= 0.6 is 24.0 Å². The van der Waals surface area contributed by atoms with Gasteiger partial charge in [0.05, 0.1) is 0 Å². The molecule has 1 atom stereocenters. The van der Waals surface area contributed by atoms with Gasteiger partial charge >= 0.3 is 0 Å². The highest BCUT2D eigenvalue weighted by atomic mass is 127. The average Bonchev–Trinajstić information content (AvgIpc) is 2.37. The molecule has 5 heteroatoms. The Kier molecular flexibility index (Phi) is 10.7. The van der Waals surface area contributed by atoms with Gasteiger partial charge in [0.15, 0.2) is 5.96 Å². The Hall–Kier alpha value is -0.0400. The zero-order chi connectivity index (χ0) is 13.4. The van der Waals surface area contributed by atoms with E-state index in [1.165, 1.54) is 32.4 Å². The third-order valence-electron chi connectivity index (χ3n) is 3.51. The molecule has 0 bridgehead atoms. The standard InChI is InChI=1S/C14H30N4.HI/c1-12(2)11-17-14(15)16-8-7-13(3)18-9-5-4-6-10-18;/h12-13H,4-11H2,1-3H3,(H3,15,16,17);1H. The Morgan fingerprint density at radius 2 is 1.84 bits per heavy atom. The van der Waals surface area contributed by atoms with Crippen LogP contribution in [-0.2, 0) is 0 Å². The molecule has 0 aromatic rings. The van der Waals surface area contributed by atoms with Crippen molar-refractivity contribution in [3.8, 4) is 0 Å². The van der Waals surface area contributed by atoms with E-state index in [0.29, 0.717) is 17.9 Å². The van der Waals surface area contributed by atoms with E-state index in [4.69, 9.17) is 5.73 Å². The third-order valence-corrected chi connectivity index (χ3v) is 3.51. The second-order valence-electron chi connectivity index (χ2n) is 5.78. The van der Waals surface area contributed by atoms with Crippen molar-refractivity contribution >= 4 is 29.9 Å². The molecule has 1 fully saturated rings. The molecule has 0 aromatic heterocycles. The van der Waals surface area contributed by atoms with Gasteiger partial charge < -0.3 is 16.0 Å². The minimum atomic E-state index is 0. The summed E-state index contributed by atoms with van der Waals surface area (Å²) in [5, 5.41) is 3.21. The number of nitrogens with one attached hydrogen (secondary N) is 1. The van der Waals surface area contributed by atoms with Gasteiger partial charge in [-0.1, -0.05) is 20.3 Å². The Morgan fingerprint density at radius 1 is 1.21 bits per heavy atom. The fourth-order valence-corrected chi connectivity index (χ4v) is 2.29. The van der Waals surface area contributed by atoms with E-state index in [2.05, 4.69) is 36.0 Å². The van der Waals surface area contributed by atoms with Crippen LogP contribution in [0.25, 0.3) is 0 Å². The summed E-state index contributed by atoms with van der Waals surface area (Å²) in [6.07, 6.45) is 5.25. The van der Waals surface area contributed by atoms with E-state index in [-0.39, 0.29) is 24.0 Å². The molecule has 0 aliphatic carbocycles. The minimum Gasteiger partial charge on any atom is -0.370 e. The second-order valence-corrected chi connectivity index (χ2v) is 5.78. The molecule has 1 saturated heterocycles. The van der Waals surface area contributed by atoms with Crippen LogP contribution in [0.3, 0.4) is 0 Å². The molecule has 0 spiro atoms. The minimum absolute atomic E-state index is 0. The van der Waals surface area contributed by atoms with Gasteiger partial charge in [0, 0.05) is 19.1 Å². The van der Waals surface area contributed by atoms with E-state index in [0.717, 1.165) is 19.5 Å². The Balaban J connectivity index is 0.00000324. The average molecular weight is 382 g/mol. The number of aliphatic imine (C=N–C) groups is 1. The fraction of sp³-hybridized carbons (Fsp3) is 0.929. The Labute approximate surface area is 135 Å². The lowest BCUT2D eigenvalue weighted by Gasteiger charge is -2.32. The van der Waals surface area contributed by atoms with Gasteiger partial charge in [-0.2, -0.15) is 0 Å². The maximum absolute atomic E-state index is 5.81. The molecule has 1 aliphatic heterocycles. The molecule has 0 radical (unpaired) electrons. The smallest absolute Gasteiger partial charge is 0.188 e. The highest BCUT2D eigenvalue weighted by Crippen LogP contribution is 2.13. The number of piperidine rings is 1. The van der Waals surface area contributed by atoms with Crippen molar-refractivity contribution in [3.63, 3.8) is 0 Å². The lowest BCUT2D eigenvalue weighted by molar-refractivity contribution is 0.167. The molecule has 1 heterocycles. The molecular weight excluding hydrogens is 351 g/mol. The van der Waals surface area contributed by atoms with Crippen LogP contribution < -0.4 is 11.1 Å². The Morgan fingerprint density at radius 3 is 2.42 bits per heavy atom. The molecule has 0 saturated carbocycles. The first kappa shape index (κ1) is 19.0. The first-order chi connectivity index (χ1) is 8.59. The topological polar surface area (TPSA) is 53.6 Å². The summed E-state index contributed by atoms with van der Waals surface area (Å²) in [6.45, 7) is 10.9. The van der Waals surface area contributed by atoms with Gasteiger partial charge in [0.2, 0.25) is 0 Å². The molecule has 4 nitrogen and oxygen atoms in total. The normalized spacial score (nSPS) is 19.1. The molecule has 1 aliphatic rings. The van der Waals surface area contributed by atoms with Crippen LogP contribution in [0, 0.1) is 5.92 Å². The molecule has 1 rings (SSSR count). The van der Waals surface area contributed by atoms with Crippen molar-refractivity contribution in [2.45, 2.75) is 52.5 Å². The van der Waals surface area contributed by atoms with Crippen LogP contribution in [0.15, 0.2) is 4.99 Å². The highest BCUT2D eigenvalue weighted by Gasteiger charge is 2.15. The van der Waals surface area contributed by atoms with Crippen molar-refractivity contribution in [1.29, 1.82) is 0 Å². The van der Waals surface area contributed by atoms with E-state index >= 15 is 0 Å². The molecular formula is C14H31IN4. The predicted octanol–water partition coefficient (Wildman–Crippen LogP) is 2.43. The number of guanidine groups is 1. The quantitative estimate of drug-likeness (QED) is 0.422. The molecule has 0 amide bonds. The fourth-order valence-electron chi connectivity index (χ4n) is 2.29. The van der Waals surface area contributed by atoms with Gasteiger partial charge in [0.1, 0.15) is 0 Å². The summed E-state index contributed by atoms with van der Waals surface area (Å²) in [5.74, 6) is 1.16. The summed E-state index contributed by atoms with van der Waals surface area (Å²) in [5.41, 5.74) is 5.81. The van der Waals surface area contributed by atoms with Gasteiger partial charge in [-0.15, -0.1) is 24.0 Å². The van der Waals surface area contributed by atoms with E-state index < -0.39 is 0 Å². The molecule has 114 valence electrons. The maximum atomic E-state index is 5.81. The predicted molar refractivity (Wildman–Crippen MR) is 94.2 cm³/mol. The van der Waals surface area contributed by atoms with Crippen molar-refractivity contribution < 1.29 is 0 Å². The van der Waals surface area contributed by atoms with Crippen LogP contribution in [0.1, 0.15) is 46.5 Å². The van der Waals surface area contributed by atoms with Crippen LogP contribution in [0.2, 0.25) is 0 Å². The summed E-state index contributed by atoms with van der Waals surface area (Å²) < 4.78 is 0. The van der Waals surface area contributed by atoms with Gasteiger partial charge in [-0.05, 0) is 45.2 Å². The number of likely N-dealkylation sites (tertiary alicyclic amines) is 1. The van der Waals surface area contributed by atoms with Crippen molar-refractivity contribution in [2.24, 2.45) is 16.6 Å². The number of halogens is 1. The first-order valence-electron chi connectivity index (χ1n) is 7.37. The SMILES string of the molecule is CC(C)CN=C(N)NCCC(C)N1CCCCC1.I. The molecule has 19 heavy (non-hydrogen) atoms. The van der Waals surface area contributed by atoms with Crippen LogP contribution in [0.5, 0.6) is 0 Å². The van der Waals surface area contributed by atoms with E-state index in [9.17, 15) is 0 Å². The Bertz CT molecular complexity index is 250. The lowest BCUT2D eigenvalue weighted by atomic mass is 10.1. The van der Waals surface area contributed by atoms with Crippen LogP contribution in [0.4, 0.5) is 0 Å². The van der Waals surface area contributed by atoms with Crippen LogP contribution in [-0.4, -0.2) is 43.1 Å². The van der Waals surface area contributed by atoms with Gasteiger partial charge in [0.25, 0.3) is 0 Å². The summed E-state index contributed by atoms with van der Waals surface area (Å²) in [7, 11) is 0. The summed E-state index contributed by atoms with van der Waals surface area (Å²) in [4.78, 5) is 6.89. The zero-order valence-electron chi connectivity index (χ0n) is 12.7. The number of nitrogens with zero attached hydrogens (tertiary/aromatic N) is 2. The maximum Gasteiger partial charge on any atom is 0.188 e. The number of nitrogens with two attached hydrogens (primary N) is 1. The number of hydrogen-bond donors (Lipinski definition) is 2. The largest absolute Gasteiger partial charge is 0.370 e. The van der Waals surface area contributed by atoms with Crippen molar-refractivity contribution in [3.05, 3.63) is 0 Å². The highest BCUT2D eigenvalue weighted by molar-refractivity contribution is 14.0. The van der Waals surface area contributed by atoms with Gasteiger partial charge in [-0.25, -0.2) is 0 Å². The summed E-state index contributed by atoms with van der Waals surface area (Å²) >= 11 is 0. The third kappa shape index (κ3) is 8.68. The lowest BCUT2D eigenvalue weighted by Crippen LogP contribution is -2.40. The van der Waals surface area contributed by atoms with Crippen molar-refractivity contribution in [1.82, 2.24) is 10.2 Å². The monoisotopic (exact) mass is 382 g/mol. The number of rotatable bonds is 6. The van der Waals surface area contributed by atoms with E-state index in [1.54, 1.807) is 0 Å². The number of hydrogen-bond acceptors (Lipinski definition) is 2. The molecule has 0 aromatic carbocycles. The molecule has 3 N–H and O–H groups in total. The van der Waals surface area contributed by atoms with E-state index in [1.807, 2.05) is 0 Å². The molecule has 1 unspecified atom stereocenters. The van der Waals surface area contributed by atoms with Gasteiger partial charge in [-0.3, -0.25) is 4.99 Å².